The van der Waals surface area contributed by atoms with Gasteiger partial charge < -0.3 is 24.6 Å². The second-order valence-electron chi connectivity index (χ2n) is 8.10. The Balaban J connectivity index is 1.14. The standard InChI is InChI=1S/C22H23ClN4O4/c23-16-3-1-2-4-18(16)31-21-6-5-14(9-24-21)15-10-27(11-15)22(29)26-8-7-19-17(12-26)25-20(28)13-30-19/h1-6,9,15,17,19H,7-8,10-13H2,(H,25,28)/t17-,19+/m1/s1. The van der Waals surface area contributed by atoms with Gasteiger partial charge in [-0.25, -0.2) is 9.78 Å². The Hall–Kier alpha value is -2.84. The van der Waals surface area contributed by atoms with Crippen molar-refractivity contribution in [3.8, 4) is 11.6 Å². The van der Waals surface area contributed by atoms with Crippen molar-refractivity contribution in [1.82, 2.24) is 20.1 Å². The topological polar surface area (TPSA) is 84.0 Å². The molecule has 2 aromatic rings. The van der Waals surface area contributed by atoms with E-state index in [0.717, 1.165) is 12.0 Å². The maximum atomic E-state index is 12.9. The number of likely N-dealkylation sites (tertiary alicyclic amines) is 2. The molecule has 4 heterocycles. The summed E-state index contributed by atoms with van der Waals surface area (Å²) in [6.07, 6.45) is 2.53. The summed E-state index contributed by atoms with van der Waals surface area (Å²) in [5.41, 5.74) is 1.07. The lowest BCUT2D eigenvalue weighted by Gasteiger charge is -2.46. The molecule has 3 amide bonds. The lowest BCUT2D eigenvalue weighted by atomic mass is 9.93. The lowest BCUT2D eigenvalue weighted by molar-refractivity contribution is -0.139. The minimum absolute atomic E-state index is 0.00321. The third kappa shape index (κ3) is 4.18. The molecule has 8 nitrogen and oxygen atoms in total. The van der Waals surface area contributed by atoms with Gasteiger partial charge in [-0.15, -0.1) is 0 Å². The monoisotopic (exact) mass is 442 g/mol. The number of ether oxygens (including phenoxy) is 2. The Labute approximate surface area is 185 Å². The Bertz CT molecular complexity index is 980. The molecule has 0 saturated carbocycles. The minimum Gasteiger partial charge on any atom is -0.437 e. The SMILES string of the molecule is O=C1CO[C@H]2CCN(C(=O)N3CC(c4ccc(Oc5ccccc5Cl)nc4)C3)C[C@H]2N1. The second kappa shape index (κ2) is 8.36. The van der Waals surface area contributed by atoms with E-state index in [-0.39, 0.29) is 36.6 Å². The van der Waals surface area contributed by atoms with E-state index in [2.05, 4.69) is 10.3 Å². The molecule has 2 atom stereocenters. The predicted molar refractivity (Wildman–Crippen MR) is 113 cm³/mol. The Kier molecular flexibility index (Phi) is 5.41. The number of para-hydroxylation sites is 1. The molecule has 0 bridgehead atoms. The van der Waals surface area contributed by atoms with Crippen LogP contribution in [0, 0.1) is 0 Å². The molecule has 0 unspecified atom stereocenters. The molecule has 162 valence electrons. The van der Waals surface area contributed by atoms with Gasteiger partial charge in [0, 0.05) is 44.4 Å². The number of benzene rings is 1. The fourth-order valence-corrected chi connectivity index (χ4v) is 4.43. The van der Waals surface area contributed by atoms with Crippen molar-refractivity contribution in [2.75, 3.05) is 32.8 Å². The normalized spacial score (nSPS) is 23.6. The summed E-state index contributed by atoms with van der Waals surface area (Å²) in [7, 11) is 0. The summed E-state index contributed by atoms with van der Waals surface area (Å²) in [5, 5.41) is 3.47. The third-order valence-electron chi connectivity index (χ3n) is 6.03. The van der Waals surface area contributed by atoms with Gasteiger partial charge in [-0.2, -0.15) is 0 Å². The number of halogens is 1. The molecule has 0 spiro atoms. The van der Waals surface area contributed by atoms with Crippen molar-refractivity contribution >= 4 is 23.5 Å². The number of amides is 3. The van der Waals surface area contributed by atoms with Crippen LogP contribution in [0.1, 0.15) is 17.9 Å². The molecule has 1 N–H and O–H groups in total. The summed E-state index contributed by atoms with van der Waals surface area (Å²) < 4.78 is 11.3. The number of piperidine rings is 1. The van der Waals surface area contributed by atoms with Crippen LogP contribution in [0.4, 0.5) is 4.79 Å². The largest absolute Gasteiger partial charge is 0.437 e. The summed E-state index contributed by atoms with van der Waals surface area (Å²) in [6.45, 7) is 2.55. The van der Waals surface area contributed by atoms with Crippen molar-refractivity contribution in [3.63, 3.8) is 0 Å². The minimum atomic E-state index is -0.120. The zero-order chi connectivity index (χ0) is 21.4. The Morgan fingerprint density at radius 2 is 2.00 bits per heavy atom. The highest BCUT2D eigenvalue weighted by molar-refractivity contribution is 6.32. The number of fused-ring (bicyclic) bond motifs is 1. The van der Waals surface area contributed by atoms with Crippen LogP contribution in [0.2, 0.25) is 5.02 Å². The van der Waals surface area contributed by atoms with Crippen molar-refractivity contribution in [2.45, 2.75) is 24.5 Å². The molecule has 9 heteroatoms. The highest BCUT2D eigenvalue weighted by Gasteiger charge is 2.40. The molecular formula is C22H23ClN4O4. The van der Waals surface area contributed by atoms with Crippen molar-refractivity contribution in [1.29, 1.82) is 0 Å². The number of rotatable bonds is 3. The maximum Gasteiger partial charge on any atom is 0.320 e. The molecule has 5 rings (SSSR count). The van der Waals surface area contributed by atoms with Crippen LogP contribution in [-0.4, -0.2) is 71.7 Å². The van der Waals surface area contributed by atoms with E-state index in [1.54, 1.807) is 18.3 Å². The van der Waals surface area contributed by atoms with Gasteiger partial charge in [-0.1, -0.05) is 29.8 Å². The van der Waals surface area contributed by atoms with Crippen molar-refractivity contribution in [3.05, 3.63) is 53.2 Å². The summed E-state index contributed by atoms with van der Waals surface area (Å²) in [6, 6.07) is 11.0. The first-order valence-corrected chi connectivity index (χ1v) is 10.8. The number of hydrogen-bond donors (Lipinski definition) is 1. The number of aromatic nitrogens is 1. The lowest BCUT2D eigenvalue weighted by Crippen LogP contribution is -2.63. The molecule has 1 aromatic heterocycles. The molecule has 3 fully saturated rings. The smallest absolute Gasteiger partial charge is 0.320 e. The average Bonchev–Trinajstić information content (AvgIpc) is 2.75. The first-order valence-electron chi connectivity index (χ1n) is 10.4. The van der Waals surface area contributed by atoms with Gasteiger partial charge in [-0.3, -0.25) is 4.79 Å². The van der Waals surface area contributed by atoms with Crippen LogP contribution in [0.5, 0.6) is 11.6 Å². The highest BCUT2D eigenvalue weighted by atomic mass is 35.5. The quantitative estimate of drug-likeness (QED) is 0.790. The van der Waals surface area contributed by atoms with Gasteiger partial charge in [0.2, 0.25) is 11.8 Å². The maximum absolute atomic E-state index is 12.9. The van der Waals surface area contributed by atoms with Gasteiger partial charge >= 0.3 is 6.03 Å². The van der Waals surface area contributed by atoms with E-state index in [1.165, 1.54) is 0 Å². The summed E-state index contributed by atoms with van der Waals surface area (Å²) in [5.74, 6) is 1.17. The molecular weight excluding hydrogens is 420 g/mol. The van der Waals surface area contributed by atoms with E-state index in [9.17, 15) is 9.59 Å². The first-order chi connectivity index (χ1) is 15.1. The van der Waals surface area contributed by atoms with Crippen LogP contribution < -0.4 is 10.1 Å². The third-order valence-corrected chi connectivity index (χ3v) is 6.34. The van der Waals surface area contributed by atoms with Crippen LogP contribution in [0.25, 0.3) is 0 Å². The number of pyridine rings is 1. The first kappa shape index (κ1) is 20.1. The second-order valence-corrected chi connectivity index (χ2v) is 8.51. The fraction of sp³-hybridized carbons (Fsp3) is 0.409. The van der Waals surface area contributed by atoms with E-state index in [1.807, 2.05) is 34.1 Å². The van der Waals surface area contributed by atoms with E-state index in [0.29, 0.717) is 42.8 Å². The van der Waals surface area contributed by atoms with Crippen LogP contribution in [-0.2, 0) is 9.53 Å². The van der Waals surface area contributed by atoms with Gasteiger partial charge in [0.05, 0.1) is 17.2 Å². The number of nitrogens with zero attached hydrogens (tertiary/aromatic N) is 3. The number of morpholine rings is 1. The van der Waals surface area contributed by atoms with Gasteiger partial charge in [0.25, 0.3) is 0 Å². The molecule has 0 radical (unpaired) electrons. The van der Waals surface area contributed by atoms with Gasteiger partial charge in [-0.05, 0) is 24.1 Å². The predicted octanol–water partition coefficient (Wildman–Crippen LogP) is 2.64. The van der Waals surface area contributed by atoms with Crippen LogP contribution >= 0.6 is 11.6 Å². The Morgan fingerprint density at radius 3 is 2.77 bits per heavy atom. The summed E-state index contributed by atoms with van der Waals surface area (Å²) in [4.78, 5) is 32.4. The van der Waals surface area contributed by atoms with E-state index in [4.69, 9.17) is 21.1 Å². The molecule has 1 aromatic carbocycles. The highest BCUT2D eigenvalue weighted by Crippen LogP contribution is 2.31. The van der Waals surface area contributed by atoms with E-state index < -0.39 is 0 Å². The number of urea groups is 1. The number of carbonyl (C=O) groups excluding carboxylic acids is 2. The fourth-order valence-electron chi connectivity index (χ4n) is 4.25. The Morgan fingerprint density at radius 1 is 1.16 bits per heavy atom. The van der Waals surface area contributed by atoms with Crippen molar-refractivity contribution < 1.29 is 19.1 Å². The number of hydrogen-bond acceptors (Lipinski definition) is 5. The van der Waals surface area contributed by atoms with Crippen LogP contribution in [0.15, 0.2) is 42.6 Å². The number of carbonyl (C=O) groups is 2. The molecule has 0 aliphatic carbocycles. The van der Waals surface area contributed by atoms with Gasteiger partial charge in [0.1, 0.15) is 12.4 Å². The molecule has 31 heavy (non-hydrogen) atoms. The zero-order valence-corrected chi connectivity index (χ0v) is 17.6. The zero-order valence-electron chi connectivity index (χ0n) is 16.9. The van der Waals surface area contributed by atoms with Crippen molar-refractivity contribution in [2.24, 2.45) is 0 Å². The molecule has 3 aliphatic heterocycles. The number of nitrogens with one attached hydrogen (secondary N) is 1. The van der Waals surface area contributed by atoms with Crippen LogP contribution in [0.3, 0.4) is 0 Å². The molecule has 3 aliphatic rings. The van der Waals surface area contributed by atoms with Gasteiger partial charge in [0.15, 0.2) is 0 Å². The van der Waals surface area contributed by atoms with E-state index >= 15 is 0 Å². The average molecular weight is 443 g/mol. The molecule has 3 saturated heterocycles. The summed E-state index contributed by atoms with van der Waals surface area (Å²) >= 11 is 6.12.